The first-order valence-electron chi connectivity index (χ1n) is 13.0. The number of carbonyl (C=O) groups is 2. The molecule has 1 fully saturated rings. The number of benzene rings is 1. The molecule has 194 valence electrons. The molecule has 0 radical (unpaired) electrons. The van der Waals surface area contributed by atoms with Gasteiger partial charge in [-0.2, -0.15) is 0 Å². The number of aryl methyl sites for hydroxylation is 1. The fourth-order valence-corrected chi connectivity index (χ4v) is 5.01. The van der Waals surface area contributed by atoms with Gasteiger partial charge in [-0.15, -0.1) is 0 Å². The van der Waals surface area contributed by atoms with Crippen molar-refractivity contribution in [3.05, 3.63) is 59.7 Å². The van der Waals surface area contributed by atoms with Gasteiger partial charge in [-0.25, -0.2) is 14.0 Å². The summed E-state index contributed by atoms with van der Waals surface area (Å²) in [6.07, 6.45) is 5.61. The van der Waals surface area contributed by atoms with Crippen LogP contribution in [0.5, 0.6) is 0 Å². The van der Waals surface area contributed by atoms with Crippen molar-refractivity contribution in [2.75, 3.05) is 6.61 Å². The van der Waals surface area contributed by atoms with Crippen molar-refractivity contribution in [3.8, 4) is 0 Å². The molecule has 1 aliphatic rings. The quantitative estimate of drug-likeness (QED) is 0.167. The summed E-state index contributed by atoms with van der Waals surface area (Å²) in [7, 11) is 0. The molecule has 1 aromatic rings. The van der Waals surface area contributed by atoms with E-state index >= 15 is 4.39 Å². The highest BCUT2D eigenvalue weighted by molar-refractivity contribution is 5.87. The van der Waals surface area contributed by atoms with Crippen molar-refractivity contribution in [2.24, 2.45) is 11.8 Å². The summed E-state index contributed by atoms with van der Waals surface area (Å²) in [5, 5.41) is 0. The minimum atomic E-state index is -0.811. The smallest absolute Gasteiger partial charge is 0.333 e. The van der Waals surface area contributed by atoms with Gasteiger partial charge in [0.25, 0.3) is 0 Å². The highest BCUT2D eigenvalue weighted by Gasteiger charge is 2.35. The van der Waals surface area contributed by atoms with Gasteiger partial charge in [-0.1, -0.05) is 50.8 Å². The maximum atomic E-state index is 15.3. The standard InChI is InChI=1S/C30H43FO4/c1-7-24(13-10-22(6)35-30(33)21(4)5)27-17-16-26(19-28(27)31)25-14-11-23(12-15-25)9-8-18-34-29(32)20(2)3/h11-12,14-15,22,24,26-28H,2,4,7-10,13,16-19H2,1,3,5-6H3. The van der Waals surface area contributed by atoms with E-state index in [2.05, 4.69) is 44.3 Å². The van der Waals surface area contributed by atoms with E-state index in [0.717, 1.165) is 44.9 Å². The van der Waals surface area contributed by atoms with E-state index in [4.69, 9.17) is 9.47 Å². The Balaban J connectivity index is 1.81. The molecule has 1 saturated carbocycles. The molecule has 0 amide bonds. The molecule has 2 rings (SSSR count). The minimum absolute atomic E-state index is 0.0708. The number of alkyl halides is 1. The van der Waals surface area contributed by atoms with Crippen LogP contribution in [-0.2, 0) is 25.5 Å². The fraction of sp³-hybridized carbons (Fsp3) is 0.600. The third-order valence-electron chi connectivity index (χ3n) is 7.20. The molecular weight excluding hydrogens is 443 g/mol. The van der Waals surface area contributed by atoms with Gasteiger partial charge in [0, 0.05) is 11.1 Å². The Kier molecular flexibility index (Phi) is 11.7. The molecule has 0 aromatic heterocycles. The molecule has 0 bridgehead atoms. The molecule has 5 heteroatoms. The largest absolute Gasteiger partial charge is 0.462 e. The Morgan fingerprint density at radius 1 is 1.06 bits per heavy atom. The highest BCUT2D eigenvalue weighted by atomic mass is 19.1. The van der Waals surface area contributed by atoms with Crippen LogP contribution in [0.1, 0.15) is 89.7 Å². The lowest BCUT2D eigenvalue weighted by Gasteiger charge is -2.37. The zero-order chi connectivity index (χ0) is 26.0. The van der Waals surface area contributed by atoms with Crippen molar-refractivity contribution >= 4 is 11.9 Å². The Labute approximate surface area is 211 Å². The average molecular weight is 487 g/mol. The van der Waals surface area contributed by atoms with Crippen LogP contribution >= 0.6 is 0 Å². The first-order chi connectivity index (χ1) is 16.6. The molecule has 5 unspecified atom stereocenters. The highest BCUT2D eigenvalue weighted by Crippen LogP contribution is 2.42. The molecule has 4 nitrogen and oxygen atoms in total. The predicted molar refractivity (Wildman–Crippen MR) is 139 cm³/mol. The van der Waals surface area contributed by atoms with Crippen LogP contribution in [0.15, 0.2) is 48.6 Å². The number of hydrogen-bond donors (Lipinski definition) is 0. The number of halogens is 1. The molecule has 0 saturated heterocycles. The lowest BCUT2D eigenvalue weighted by atomic mass is 9.70. The van der Waals surface area contributed by atoms with Crippen molar-refractivity contribution in [3.63, 3.8) is 0 Å². The zero-order valence-corrected chi connectivity index (χ0v) is 22.0. The third-order valence-corrected chi connectivity index (χ3v) is 7.20. The average Bonchev–Trinajstić information content (AvgIpc) is 2.83. The van der Waals surface area contributed by atoms with Gasteiger partial charge in [-0.05, 0) is 94.6 Å². The summed E-state index contributed by atoms with van der Waals surface area (Å²) in [4.78, 5) is 23.2. The molecule has 0 N–H and O–H groups in total. The van der Waals surface area contributed by atoms with Crippen molar-refractivity contribution in [1.82, 2.24) is 0 Å². The van der Waals surface area contributed by atoms with Gasteiger partial charge < -0.3 is 9.47 Å². The number of carbonyl (C=O) groups excluding carboxylic acids is 2. The molecule has 35 heavy (non-hydrogen) atoms. The second kappa shape index (κ2) is 14.2. The first kappa shape index (κ1) is 28.8. The van der Waals surface area contributed by atoms with E-state index in [1.165, 1.54) is 11.1 Å². The van der Waals surface area contributed by atoms with Crippen LogP contribution in [0.3, 0.4) is 0 Å². The summed E-state index contributed by atoms with van der Waals surface area (Å²) in [6, 6.07) is 8.47. The third kappa shape index (κ3) is 9.27. The van der Waals surface area contributed by atoms with Gasteiger partial charge in [0.05, 0.1) is 12.7 Å². The van der Waals surface area contributed by atoms with E-state index in [9.17, 15) is 9.59 Å². The van der Waals surface area contributed by atoms with Crippen molar-refractivity contribution < 1.29 is 23.5 Å². The first-order valence-corrected chi connectivity index (χ1v) is 13.0. The summed E-state index contributed by atoms with van der Waals surface area (Å²) in [5.74, 6) is -0.0750. The van der Waals surface area contributed by atoms with E-state index < -0.39 is 6.17 Å². The van der Waals surface area contributed by atoms with E-state index in [1.807, 2.05) is 6.92 Å². The normalized spacial score (nSPS) is 21.6. The number of esters is 2. The Hall–Kier alpha value is -2.43. The maximum absolute atomic E-state index is 15.3. The van der Waals surface area contributed by atoms with Crippen LogP contribution in [0.4, 0.5) is 4.39 Å². The lowest BCUT2D eigenvalue weighted by molar-refractivity contribution is -0.144. The molecular formula is C30H43FO4. The molecule has 5 atom stereocenters. The summed E-state index contributed by atoms with van der Waals surface area (Å²) in [5.41, 5.74) is 3.22. The number of hydrogen-bond acceptors (Lipinski definition) is 4. The number of ether oxygens (including phenoxy) is 2. The zero-order valence-electron chi connectivity index (χ0n) is 22.0. The van der Waals surface area contributed by atoms with Crippen LogP contribution in [0.2, 0.25) is 0 Å². The van der Waals surface area contributed by atoms with E-state index in [1.54, 1.807) is 13.8 Å². The summed E-state index contributed by atoms with van der Waals surface area (Å²) >= 11 is 0. The Morgan fingerprint density at radius 2 is 1.71 bits per heavy atom. The predicted octanol–water partition coefficient (Wildman–Crippen LogP) is 7.27. The second-order valence-electron chi connectivity index (χ2n) is 10.2. The molecule has 0 aliphatic heterocycles. The van der Waals surface area contributed by atoms with Crippen molar-refractivity contribution in [2.45, 2.75) is 97.3 Å². The molecule has 0 spiro atoms. The van der Waals surface area contributed by atoms with Crippen LogP contribution in [0, 0.1) is 11.8 Å². The van der Waals surface area contributed by atoms with Gasteiger partial charge in [0.1, 0.15) is 6.17 Å². The van der Waals surface area contributed by atoms with Gasteiger partial charge in [0.2, 0.25) is 0 Å². The molecule has 1 aliphatic carbocycles. The SMILES string of the molecule is C=C(C)C(=O)OCCCc1ccc(C2CCC(C(CC)CCC(C)OC(=O)C(=C)C)C(F)C2)cc1. The fourth-order valence-electron chi connectivity index (χ4n) is 5.01. The minimum Gasteiger partial charge on any atom is -0.462 e. The maximum Gasteiger partial charge on any atom is 0.333 e. The van der Waals surface area contributed by atoms with Crippen molar-refractivity contribution in [1.29, 1.82) is 0 Å². The lowest BCUT2D eigenvalue weighted by Crippen LogP contribution is -2.31. The second-order valence-corrected chi connectivity index (χ2v) is 10.2. The van der Waals surface area contributed by atoms with Gasteiger partial charge in [-0.3, -0.25) is 0 Å². The monoisotopic (exact) mass is 486 g/mol. The van der Waals surface area contributed by atoms with E-state index in [0.29, 0.717) is 30.1 Å². The Morgan fingerprint density at radius 3 is 2.29 bits per heavy atom. The van der Waals surface area contributed by atoms with Crippen LogP contribution in [0.25, 0.3) is 0 Å². The summed E-state index contributed by atoms with van der Waals surface area (Å²) in [6.45, 7) is 14.9. The van der Waals surface area contributed by atoms with Gasteiger partial charge in [0.15, 0.2) is 0 Å². The topological polar surface area (TPSA) is 52.6 Å². The summed E-state index contributed by atoms with van der Waals surface area (Å²) < 4.78 is 25.9. The Bertz CT molecular complexity index is 860. The molecule has 0 heterocycles. The number of rotatable bonds is 13. The van der Waals surface area contributed by atoms with Gasteiger partial charge >= 0.3 is 11.9 Å². The molecule has 1 aromatic carbocycles. The van der Waals surface area contributed by atoms with Crippen LogP contribution in [-0.4, -0.2) is 30.8 Å². The van der Waals surface area contributed by atoms with Crippen LogP contribution < -0.4 is 0 Å². The van der Waals surface area contributed by atoms with E-state index in [-0.39, 0.29) is 29.9 Å².